The van der Waals surface area contributed by atoms with E-state index < -0.39 is 27.7 Å². The van der Waals surface area contributed by atoms with Crippen LogP contribution in [0.5, 0.6) is 5.75 Å². The minimum atomic E-state index is -3.90. The third-order valence-corrected chi connectivity index (χ3v) is 6.77. The smallest absolute Gasteiger partial charge is 0.344 e. The van der Waals surface area contributed by atoms with Gasteiger partial charge in [-0.05, 0) is 56.5 Å². The van der Waals surface area contributed by atoms with Crippen LogP contribution in [0.1, 0.15) is 18.1 Å². The Kier molecular flexibility index (Phi) is 5.58. The maximum absolute atomic E-state index is 12.6. The number of fused-ring (bicyclic) bond motifs is 3. The van der Waals surface area contributed by atoms with Crippen molar-refractivity contribution in [3.05, 3.63) is 82.2 Å². The number of rotatable bonds is 5. The predicted molar refractivity (Wildman–Crippen MR) is 121 cm³/mol. The summed E-state index contributed by atoms with van der Waals surface area (Å²) in [6, 6.07) is 15.5. The van der Waals surface area contributed by atoms with Crippen LogP contribution in [0.3, 0.4) is 0 Å². The lowest BCUT2D eigenvalue weighted by molar-refractivity contribution is -0.135. The van der Waals surface area contributed by atoms with E-state index >= 15 is 0 Å². The number of carbonyl (C=O) groups excluding carboxylic acids is 1. The molecule has 164 valence electrons. The summed E-state index contributed by atoms with van der Waals surface area (Å²) in [5.41, 5.74) is 1.21. The van der Waals surface area contributed by atoms with Gasteiger partial charge in [-0.15, -0.1) is 0 Å². The van der Waals surface area contributed by atoms with E-state index in [2.05, 4.69) is 4.72 Å². The summed E-state index contributed by atoms with van der Waals surface area (Å²) >= 11 is 0. The molecule has 1 aromatic heterocycles. The molecule has 0 saturated carbocycles. The first-order chi connectivity index (χ1) is 15.2. The first-order valence-electron chi connectivity index (χ1n) is 9.93. The molecule has 1 heterocycles. The van der Waals surface area contributed by atoms with Crippen molar-refractivity contribution in [1.82, 2.24) is 4.72 Å². The molecule has 7 nitrogen and oxygen atoms in total. The molecular formula is C24H21NO6S. The number of esters is 1. The summed E-state index contributed by atoms with van der Waals surface area (Å²) in [5, 5.41) is 1.91. The Morgan fingerprint density at radius 3 is 2.28 bits per heavy atom. The SMILES string of the molecule is Cc1ccc(S(=O)(=O)NC(C)C(=O)Oc2ccc3c(oc(=O)c4ccccc43)c2C)cc1. The Morgan fingerprint density at radius 1 is 0.938 bits per heavy atom. The normalized spacial score (nSPS) is 12.7. The molecule has 32 heavy (non-hydrogen) atoms. The molecule has 1 unspecified atom stereocenters. The van der Waals surface area contributed by atoms with Gasteiger partial charge in [0.2, 0.25) is 10.0 Å². The highest BCUT2D eigenvalue weighted by molar-refractivity contribution is 7.89. The minimum Gasteiger partial charge on any atom is -0.425 e. The zero-order valence-corrected chi connectivity index (χ0v) is 18.5. The van der Waals surface area contributed by atoms with Crippen molar-refractivity contribution in [1.29, 1.82) is 0 Å². The molecule has 0 saturated heterocycles. The number of ether oxygens (including phenoxy) is 1. The summed E-state index contributed by atoms with van der Waals surface area (Å²) < 4.78 is 38.3. The molecule has 0 amide bonds. The zero-order chi connectivity index (χ0) is 23.0. The third kappa shape index (κ3) is 4.02. The van der Waals surface area contributed by atoms with Gasteiger partial charge in [-0.3, -0.25) is 0 Å². The van der Waals surface area contributed by atoms with E-state index in [-0.39, 0.29) is 10.6 Å². The molecule has 0 fully saturated rings. The van der Waals surface area contributed by atoms with E-state index in [0.717, 1.165) is 10.9 Å². The van der Waals surface area contributed by atoms with Crippen LogP contribution < -0.4 is 15.1 Å². The van der Waals surface area contributed by atoms with Crippen molar-refractivity contribution in [2.24, 2.45) is 0 Å². The fraction of sp³-hybridized carbons (Fsp3) is 0.167. The third-order valence-electron chi connectivity index (χ3n) is 5.22. The minimum absolute atomic E-state index is 0.0540. The van der Waals surface area contributed by atoms with E-state index in [9.17, 15) is 18.0 Å². The fourth-order valence-electron chi connectivity index (χ4n) is 3.43. The fourth-order valence-corrected chi connectivity index (χ4v) is 4.63. The highest BCUT2D eigenvalue weighted by Gasteiger charge is 2.24. The Balaban J connectivity index is 1.60. The van der Waals surface area contributed by atoms with Crippen molar-refractivity contribution in [2.45, 2.75) is 31.7 Å². The second-order valence-corrected chi connectivity index (χ2v) is 9.29. The molecule has 0 aliphatic carbocycles. The molecule has 0 aliphatic heterocycles. The van der Waals surface area contributed by atoms with Gasteiger partial charge in [0.25, 0.3) is 0 Å². The van der Waals surface area contributed by atoms with Crippen LogP contribution in [0.25, 0.3) is 21.7 Å². The summed E-state index contributed by atoms with van der Waals surface area (Å²) in [5.74, 6) is -0.603. The van der Waals surface area contributed by atoms with Crippen LogP contribution in [0.2, 0.25) is 0 Å². The quantitative estimate of drug-likeness (QED) is 0.214. The van der Waals surface area contributed by atoms with Crippen LogP contribution >= 0.6 is 0 Å². The largest absolute Gasteiger partial charge is 0.425 e. The number of sulfonamides is 1. The number of hydrogen-bond donors (Lipinski definition) is 1. The van der Waals surface area contributed by atoms with Crippen molar-refractivity contribution in [2.75, 3.05) is 0 Å². The van der Waals surface area contributed by atoms with Gasteiger partial charge >= 0.3 is 11.6 Å². The van der Waals surface area contributed by atoms with Crippen LogP contribution in [0, 0.1) is 13.8 Å². The van der Waals surface area contributed by atoms with E-state index in [1.807, 2.05) is 19.1 Å². The number of benzene rings is 3. The summed E-state index contributed by atoms with van der Waals surface area (Å²) in [4.78, 5) is 25.0. The molecule has 0 spiro atoms. The lowest BCUT2D eigenvalue weighted by Gasteiger charge is -2.15. The van der Waals surface area contributed by atoms with Crippen LogP contribution in [-0.4, -0.2) is 20.4 Å². The molecule has 4 rings (SSSR count). The van der Waals surface area contributed by atoms with Crippen molar-refractivity contribution in [3.8, 4) is 5.75 Å². The highest BCUT2D eigenvalue weighted by atomic mass is 32.2. The number of aryl methyl sites for hydroxylation is 2. The lowest BCUT2D eigenvalue weighted by Crippen LogP contribution is -2.40. The van der Waals surface area contributed by atoms with Crippen LogP contribution in [0.15, 0.2) is 74.8 Å². The Labute approximate surface area is 184 Å². The van der Waals surface area contributed by atoms with Crippen LogP contribution in [0.4, 0.5) is 0 Å². The second kappa shape index (κ2) is 8.22. The standard InChI is InChI=1S/C24H21NO6S/c1-14-8-10-17(11-9-14)32(28,29)25-16(3)23(26)30-21-13-12-19-18-6-4-5-7-20(18)24(27)31-22(19)15(21)2/h4-13,16,25H,1-3H3. The average molecular weight is 452 g/mol. The molecule has 4 aromatic rings. The van der Waals surface area contributed by atoms with Crippen LogP contribution in [-0.2, 0) is 14.8 Å². The first-order valence-corrected chi connectivity index (χ1v) is 11.4. The van der Waals surface area contributed by atoms with Gasteiger partial charge in [0.15, 0.2) is 0 Å². The Bertz CT molecular complexity index is 1500. The Morgan fingerprint density at radius 2 is 1.59 bits per heavy atom. The van der Waals surface area contributed by atoms with Gasteiger partial charge in [-0.25, -0.2) is 18.0 Å². The molecule has 0 radical (unpaired) electrons. The van der Waals surface area contributed by atoms with Crippen molar-refractivity contribution in [3.63, 3.8) is 0 Å². The van der Waals surface area contributed by atoms with Gasteiger partial charge in [0.05, 0.1) is 10.3 Å². The van der Waals surface area contributed by atoms with Gasteiger partial charge < -0.3 is 9.15 Å². The highest BCUT2D eigenvalue weighted by Crippen LogP contribution is 2.31. The lowest BCUT2D eigenvalue weighted by atomic mass is 10.0. The summed E-state index contributed by atoms with van der Waals surface area (Å²) in [7, 11) is -3.90. The monoisotopic (exact) mass is 451 g/mol. The second-order valence-electron chi connectivity index (χ2n) is 7.58. The van der Waals surface area contributed by atoms with Gasteiger partial charge in [0.1, 0.15) is 17.4 Å². The average Bonchev–Trinajstić information content (AvgIpc) is 2.76. The predicted octanol–water partition coefficient (Wildman–Crippen LogP) is 3.84. The maximum Gasteiger partial charge on any atom is 0.344 e. The molecule has 1 atom stereocenters. The Hall–Kier alpha value is -3.49. The number of carbonyl (C=O) groups is 1. The van der Waals surface area contributed by atoms with E-state index in [0.29, 0.717) is 21.9 Å². The number of nitrogens with one attached hydrogen (secondary N) is 1. The maximum atomic E-state index is 12.6. The summed E-state index contributed by atoms with van der Waals surface area (Å²) in [6.07, 6.45) is 0. The van der Waals surface area contributed by atoms with E-state index in [1.165, 1.54) is 19.1 Å². The molecule has 8 heteroatoms. The van der Waals surface area contributed by atoms with Gasteiger partial charge in [-0.1, -0.05) is 35.9 Å². The first kappa shape index (κ1) is 21.7. The molecule has 3 aromatic carbocycles. The zero-order valence-electron chi connectivity index (χ0n) is 17.7. The van der Waals surface area contributed by atoms with E-state index in [4.69, 9.17) is 9.15 Å². The summed E-state index contributed by atoms with van der Waals surface area (Å²) in [6.45, 7) is 4.92. The van der Waals surface area contributed by atoms with Gasteiger partial charge in [0, 0.05) is 10.9 Å². The topological polar surface area (TPSA) is 103 Å². The molecule has 0 aliphatic rings. The van der Waals surface area contributed by atoms with Gasteiger partial charge in [-0.2, -0.15) is 4.72 Å². The van der Waals surface area contributed by atoms with Crippen molar-refractivity contribution < 1.29 is 22.4 Å². The van der Waals surface area contributed by atoms with Crippen molar-refractivity contribution >= 4 is 37.7 Å². The molecule has 1 N–H and O–H groups in total. The number of hydrogen-bond acceptors (Lipinski definition) is 6. The van der Waals surface area contributed by atoms with E-state index in [1.54, 1.807) is 43.3 Å². The molecule has 0 bridgehead atoms. The molecular weight excluding hydrogens is 430 g/mol.